The van der Waals surface area contributed by atoms with Crippen LogP contribution in [0, 0.1) is 0 Å². The number of halogens is 2. The molecule has 1 N–H and O–H groups in total. The fraction of sp³-hybridized carbons (Fsp3) is 0.0435. The molecule has 0 bridgehead atoms. The van der Waals surface area contributed by atoms with Crippen molar-refractivity contribution in [2.75, 3.05) is 5.43 Å². The maximum Gasteiger partial charge on any atom is 0.203 e. The van der Waals surface area contributed by atoms with Crippen LogP contribution in [-0.4, -0.2) is 11.2 Å². The third kappa shape index (κ3) is 5.19. The smallest absolute Gasteiger partial charge is 0.203 e. The van der Waals surface area contributed by atoms with Crippen LogP contribution in [0.3, 0.4) is 0 Å². The second-order valence-corrected chi connectivity index (χ2v) is 8.03. The summed E-state index contributed by atoms with van der Waals surface area (Å²) in [6.07, 6.45) is 1.71. The number of ether oxygens (including phenoxy) is 1. The highest BCUT2D eigenvalue weighted by Gasteiger charge is 2.05. The van der Waals surface area contributed by atoms with Gasteiger partial charge in [0.25, 0.3) is 0 Å². The third-order valence-corrected chi connectivity index (χ3v) is 5.64. The summed E-state index contributed by atoms with van der Waals surface area (Å²) in [4.78, 5) is 4.55. The maximum atomic E-state index is 6.21. The highest BCUT2D eigenvalue weighted by atomic mass is 35.5. The average molecular weight is 454 g/mol. The van der Waals surface area contributed by atoms with Crippen molar-refractivity contribution in [3.05, 3.63) is 99.3 Å². The summed E-state index contributed by atoms with van der Waals surface area (Å²) >= 11 is 13.6. The standard InChI is InChI=1S/C23H17Cl2N3OS/c24-19-11-9-16(10-12-19)21-15-30-23(27-21)28-26-13-17-5-2-4-8-22(17)29-14-18-6-1-3-7-20(18)25/h1-13,15H,14H2,(H,27,28)/b26-13-. The Labute approximate surface area is 188 Å². The Balaban J connectivity index is 1.41. The first kappa shape index (κ1) is 20.4. The van der Waals surface area contributed by atoms with Crippen LogP contribution in [-0.2, 0) is 6.61 Å². The molecule has 3 aromatic carbocycles. The highest BCUT2D eigenvalue weighted by molar-refractivity contribution is 7.14. The minimum absolute atomic E-state index is 0.384. The van der Waals surface area contributed by atoms with Gasteiger partial charge >= 0.3 is 0 Å². The Kier molecular flexibility index (Phi) is 6.64. The summed E-state index contributed by atoms with van der Waals surface area (Å²) in [5, 5.41) is 8.37. The summed E-state index contributed by atoms with van der Waals surface area (Å²) in [5.74, 6) is 0.726. The van der Waals surface area contributed by atoms with E-state index in [-0.39, 0.29) is 0 Å². The van der Waals surface area contributed by atoms with Gasteiger partial charge in [-0.2, -0.15) is 5.10 Å². The second kappa shape index (κ2) is 9.76. The molecule has 0 aliphatic carbocycles. The van der Waals surface area contributed by atoms with E-state index < -0.39 is 0 Å². The highest BCUT2D eigenvalue weighted by Crippen LogP contribution is 2.26. The van der Waals surface area contributed by atoms with Crippen molar-refractivity contribution >= 4 is 45.9 Å². The van der Waals surface area contributed by atoms with E-state index in [0.717, 1.165) is 28.1 Å². The molecule has 0 amide bonds. The van der Waals surface area contributed by atoms with Crippen LogP contribution in [0.5, 0.6) is 5.75 Å². The Morgan fingerprint density at radius 3 is 2.57 bits per heavy atom. The van der Waals surface area contributed by atoms with Gasteiger partial charge in [0.1, 0.15) is 12.4 Å². The quantitative estimate of drug-likeness (QED) is 0.238. The van der Waals surface area contributed by atoms with Crippen LogP contribution >= 0.6 is 34.5 Å². The van der Waals surface area contributed by atoms with Crippen molar-refractivity contribution in [1.82, 2.24) is 4.98 Å². The minimum atomic E-state index is 0.384. The van der Waals surface area contributed by atoms with Gasteiger partial charge < -0.3 is 4.74 Å². The maximum absolute atomic E-state index is 6.21. The predicted molar refractivity (Wildman–Crippen MR) is 126 cm³/mol. The molecule has 0 spiro atoms. The van der Waals surface area contributed by atoms with Gasteiger partial charge in [-0.1, -0.05) is 65.7 Å². The van der Waals surface area contributed by atoms with E-state index in [9.17, 15) is 0 Å². The molecule has 4 rings (SSSR count). The molecule has 0 radical (unpaired) electrons. The number of thiazole rings is 1. The van der Waals surface area contributed by atoms with Crippen molar-refractivity contribution in [1.29, 1.82) is 0 Å². The zero-order valence-corrected chi connectivity index (χ0v) is 18.1. The number of aromatic nitrogens is 1. The first-order chi connectivity index (χ1) is 14.7. The molecule has 7 heteroatoms. The van der Waals surface area contributed by atoms with Crippen molar-refractivity contribution < 1.29 is 4.74 Å². The molecule has 1 aromatic heterocycles. The first-order valence-corrected chi connectivity index (χ1v) is 10.8. The van der Waals surface area contributed by atoms with Gasteiger partial charge in [0.2, 0.25) is 5.13 Å². The number of nitrogens with zero attached hydrogens (tertiary/aromatic N) is 2. The zero-order chi connectivity index (χ0) is 20.8. The van der Waals surface area contributed by atoms with Gasteiger partial charge in [-0.05, 0) is 30.3 Å². The van der Waals surface area contributed by atoms with E-state index in [4.69, 9.17) is 27.9 Å². The van der Waals surface area contributed by atoms with Gasteiger partial charge in [-0.15, -0.1) is 11.3 Å². The number of hydrogen-bond acceptors (Lipinski definition) is 5. The summed E-state index contributed by atoms with van der Waals surface area (Å²) in [6, 6.07) is 22.9. The van der Waals surface area contributed by atoms with Crippen LogP contribution in [0.2, 0.25) is 10.0 Å². The van der Waals surface area contributed by atoms with Crippen molar-refractivity contribution in [3.63, 3.8) is 0 Å². The zero-order valence-electron chi connectivity index (χ0n) is 15.8. The van der Waals surface area contributed by atoms with Crippen LogP contribution in [0.4, 0.5) is 5.13 Å². The summed E-state index contributed by atoms with van der Waals surface area (Å²) in [5.41, 5.74) is 6.64. The Morgan fingerprint density at radius 1 is 0.967 bits per heavy atom. The van der Waals surface area contributed by atoms with E-state index >= 15 is 0 Å². The molecule has 0 saturated carbocycles. The number of hydrazone groups is 1. The average Bonchev–Trinajstić information content (AvgIpc) is 3.23. The van der Waals surface area contributed by atoms with Crippen molar-refractivity contribution in [3.8, 4) is 17.0 Å². The largest absolute Gasteiger partial charge is 0.488 e. The normalized spacial score (nSPS) is 11.0. The molecule has 0 aliphatic rings. The fourth-order valence-electron chi connectivity index (χ4n) is 2.72. The molecule has 150 valence electrons. The van der Waals surface area contributed by atoms with Gasteiger partial charge in [0, 0.05) is 32.1 Å². The molecule has 0 unspecified atom stereocenters. The fourth-order valence-corrected chi connectivity index (χ4v) is 3.71. The van der Waals surface area contributed by atoms with Crippen molar-refractivity contribution in [2.45, 2.75) is 6.61 Å². The molecule has 0 aliphatic heterocycles. The Hall–Kier alpha value is -2.86. The lowest BCUT2D eigenvalue weighted by molar-refractivity contribution is 0.306. The number of hydrogen-bond donors (Lipinski definition) is 1. The lowest BCUT2D eigenvalue weighted by Crippen LogP contribution is -1.99. The third-order valence-electron chi connectivity index (χ3n) is 4.27. The minimum Gasteiger partial charge on any atom is -0.488 e. The van der Waals surface area contributed by atoms with E-state index in [1.54, 1.807) is 6.21 Å². The van der Waals surface area contributed by atoms with Gasteiger partial charge in [-0.3, -0.25) is 5.43 Å². The van der Waals surface area contributed by atoms with Crippen LogP contribution in [0.1, 0.15) is 11.1 Å². The molecule has 0 saturated heterocycles. The van der Waals surface area contributed by atoms with E-state index in [2.05, 4.69) is 15.5 Å². The molecular weight excluding hydrogens is 437 g/mol. The molecule has 30 heavy (non-hydrogen) atoms. The summed E-state index contributed by atoms with van der Waals surface area (Å²) in [6.45, 7) is 0.384. The van der Waals surface area contributed by atoms with E-state index in [1.807, 2.05) is 78.2 Å². The summed E-state index contributed by atoms with van der Waals surface area (Å²) in [7, 11) is 0. The molecular formula is C23H17Cl2N3OS. The number of para-hydroxylation sites is 1. The molecule has 4 nitrogen and oxygen atoms in total. The van der Waals surface area contributed by atoms with E-state index in [1.165, 1.54) is 11.3 Å². The molecule has 4 aromatic rings. The lowest BCUT2D eigenvalue weighted by atomic mass is 10.2. The van der Waals surface area contributed by atoms with Gasteiger partial charge in [0.05, 0.1) is 11.9 Å². The van der Waals surface area contributed by atoms with Gasteiger partial charge in [-0.25, -0.2) is 4.98 Å². The van der Waals surface area contributed by atoms with Crippen LogP contribution in [0.15, 0.2) is 83.3 Å². The topological polar surface area (TPSA) is 46.5 Å². The first-order valence-electron chi connectivity index (χ1n) is 9.15. The SMILES string of the molecule is Clc1ccc(-c2csc(N/N=C\c3ccccc3OCc3ccccc3Cl)n2)cc1. The number of rotatable bonds is 7. The second-order valence-electron chi connectivity index (χ2n) is 6.33. The number of anilines is 1. The van der Waals surface area contributed by atoms with Gasteiger partial charge in [0.15, 0.2) is 0 Å². The number of benzene rings is 3. The lowest BCUT2D eigenvalue weighted by Gasteiger charge is -2.10. The monoisotopic (exact) mass is 453 g/mol. The predicted octanol–water partition coefficient (Wildman–Crippen LogP) is 7.14. The van der Waals surface area contributed by atoms with E-state index in [0.29, 0.717) is 21.8 Å². The van der Waals surface area contributed by atoms with Crippen molar-refractivity contribution in [2.24, 2.45) is 5.10 Å². The Morgan fingerprint density at radius 2 is 1.73 bits per heavy atom. The molecule has 1 heterocycles. The summed E-state index contributed by atoms with van der Waals surface area (Å²) < 4.78 is 5.95. The van der Waals surface area contributed by atoms with Crippen LogP contribution in [0.25, 0.3) is 11.3 Å². The molecule has 0 atom stereocenters. The Bertz CT molecular complexity index is 1160. The number of nitrogens with one attached hydrogen (secondary N) is 1. The molecule has 0 fully saturated rings. The van der Waals surface area contributed by atoms with Crippen LogP contribution < -0.4 is 10.2 Å².